The molecule has 0 radical (unpaired) electrons. The summed E-state index contributed by atoms with van der Waals surface area (Å²) in [5.74, 6) is 0. The lowest BCUT2D eigenvalue weighted by atomic mass is 10.1. The van der Waals surface area contributed by atoms with E-state index in [1.807, 2.05) is 34.6 Å². The van der Waals surface area contributed by atoms with E-state index in [1.165, 1.54) is 4.31 Å². The van der Waals surface area contributed by atoms with Gasteiger partial charge in [0.25, 0.3) is 10.2 Å². The fraction of sp³-hybridized carbons (Fsp3) is 1.00. The van der Waals surface area contributed by atoms with Crippen molar-refractivity contribution in [3.63, 3.8) is 0 Å². The first-order chi connectivity index (χ1) is 6.60. The maximum Gasteiger partial charge on any atom is 0.280 e. The molecule has 0 unspecified atom stereocenters. The van der Waals surface area contributed by atoms with E-state index in [9.17, 15) is 8.42 Å². The molecule has 0 aromatic rings. The van der Waals surface area contributed by atoms with Gasteiger partial charge in [-0.15, -0.1) is 0 Å². The minimum Gasteiger partial charge on any atom is -0.329 e. The second-order valence-electron chi connectivity index (χ2n) is 4.85. The third-order valence-corrected chi connectivity index (χ3v) is 3.76. The minimum atomic E-state index is -3.44. The van der Waals surface area contributed by atoms with Crippen molar-refractivity contribution in [2.24, 2.45) is 5.73 Å². The van der Waals surface area contributed by atoms with E-state index in [-0.39, 0.29) is 6.04 Å². The summed E-state index contributed by atoms with van der Waals surface area (Å²) in [5.41, 5.74) is 4.92. The molecule has 0 saturated heterocycles. The average Bonchev–Trinajstić information content (AvgIpc) is 1.93. The molecule has 3 N–H and O–H groups in total. The summed E-state index contributed by atoms with van der Waals surface area (Å²) in [4.78, 5) is 0. The van der Waals surface area contributed by atoms with E-state index in [2.05, 4.69) is 4.72 Å². The number of nitrogens with one attached hydrogen (secondary N) is 1. The summed E-state index contributed by atoms with van der Waals surface area (Å²) in [6.45, 7) is 9.75. The highest BCUT2D eigenvalue weighted by Gasteiger charge is 2.28. The maximum absolute atomic E-state index is 11.9. The molecule has 0 saturated carbocycles. The Morgan fingerprint density at radius 1 is 1.33 bits per heavy atom. The van der Waals surface area contributed by atoms with Crippen molar-refractivity contribution in [2.45, 2.75) is 46.2 Å². The standard InChI is InChI=1S/C9H23N3O2S/c1-8(2)12(7-6-10)15(13,14)11-9(3,4)5/h8,11H,6-7,10H2,1-5H3. The van der Waals surface area contributed by atoms with Crippen molar-refractivity contribution in [2.75, 3.05) is 13.1 Å². The molecule has 15 heavy (non-hydrogen) atoms. The Kier molecular flexibility index (Phi) is 5.19. The first kappa shape index (κ1) is 14.8. The number of hydrogen-bond acceptors (Lipinski definition) is 3. The highest BCUT2D eigenvalue weighted by atomic mass is 32.2. The van der Waals surface area contributed by atoms with Gasteiger partial charge in [-0.25, -0.2) is 0 Å². The van der Waals surface area contributed by atoms with E-state index in [0.717, 1.165) is 0 Å². The Bertz CT molecular complexity index is 280. The number of nitrogens with zero attached hydrogens (tertiary/aromatic N) is 1. The summed E-state index contributed by atoms with van der Waals surface area (Å²) in [5, 5.41) is 0. The van der Waals surface area contributed by atoms with Crippen molar-refractivity contribution in [1.82, 2.24) is 9.03 Å². The number of rotatable bonds is 5. The molecule has 6 heteroatoms. The van der Waals surface area contributed by atoms with Gasteiger partial charge >= 0.3 is 0 Å². The van der Waals surface area contributed by atoms with Crippen LogP contribution in [-0.2, 0) is 10.2 Å². The van der Waals surface area contributed by atoms with E-state index in [4.69, 9.17) is 5.73 Å². The second kappa shape index (κ2) is 5.25. The van der Waals surface area contributed by atoms with Crippen LogP contribution in [0.15, 0.2) is 0 Å². The number of hydrogen-bond donors (Lipinski definition) is 2. The smallest absolute Gasteiger partial charge is 0.280 e. The largest absolute Gasteiger partial charge is 0.329 e. The predicted octanol–water partition coefficient (Wildman–Crippen LogP) is 0.288. The molecule has 0 amide bonds. The zero-order chi connectivity index (χ0) is 12.3. The van der Waals surface area contributed by atoms with E-state index in [1.54, 1.807) is 0 Å². The zero-order valence-electron chi connectivity index (χ0n) is 10.2. The lowest BCUT2D eigenvalue weighted by Gasteiger charge is -2.30. The molecular weight excluding hydrogens is 214 g/mol. The van der Waals surface area contributed by atoms with Gasteiger partial charge in [0.2, 0.25) is 0 Å². The van der Waals surface area contributed by atoms with Crippen LogP contribution in [0.3, 0.4) is 0 Å². The van der Waals surface area contributed by atoms with Gasteiger partial charge in [-0.3, -0.25) is 0 Å². The van der Waals surface area contributed by atoms with Crippen molar-refractivity contribution in [1.29, 1.82) is 0 Å². The van der Waals surface area contributed by atoms with Crippen LogP contribution in [-0.4, -0.2) is 37.4 Å². The summed E-state index contributed by atoms with van der Waals surface area (Å²) < 4.78 is 27.9. The van der Waals surface area contributed by atoms with Crippen LogP contribution in [0.2, 0.25) is 0 Å². The third-order valence-electron chi connectivity index (χ3n) is 1.67. The first-order valence-corrected chi connectivity index (χ1v) is 6.55. The highest BCUT2D eigenvalue weighted by molar-refractivity contribution is 7.87. The molecule has 0 aliphatic rings. The van der Waals surface area contributed by atoms with Crippen LogP contribution in [0.5, 0.6) is 0 Å². The van der Waals surface area contributed by atoms with Crippen molar-refractivity contribution in [3.05, 3.63) is 0 Å². The second-order valence-corrected chi connectivity index (χ2v) is 6.47. The Morgan fingerprint density at radius 3 is 2.07 bits per heavy atom. The molecule has 0 bridgehead atoms. The summed E-state index contributed by atoms with van der Waals surface area (Å²) in [6.07, 6.45) is 0. The molecule has 92 valence electrons. The van der Waals surface area contributed by atoms with E-state index >= 15 is 0 Å². The van der Waals surface area contributed by atoms with Gasteiger partial charge in [-0.05, 0) is 34.6 Å². The molecule has 0 spiro atoms. The average molecular weight is 237 g/mol. The fourth-order valence-electron chi connectivity index (χ4n) is 1.23. The van der Waals surface area contributed by atoms with E-state index in [0.29, 0.717) is 13.1 Å². The topological polar surface area (TPSA) is 75.4 Å². The summed E-state index contributed by atoms with van der Waals surface area (Å²) in [7, 11) is -3.44. The first-order valence-electron chi connectivity index (χ1n) is 5.11. The van der Waals surface area contributed by atoms with Gasteiger partial charge in [-0.2, -0.15) is 17.4 Å². The minimum absolute atomic E-state index is 0.0894. The molecule has 0 fully saturated rings. The molecule has 0 aliphatic carbocycles. The van der Waals surface area contributed by atoms with Crippen molar-refractivity contribution >= 4 is 10.2 Å². The van der Waals surface area contributed by atoms with Gasteiger partial charge < -0.3 is 5.73 Å². The number of nitrogens with two attached hydrogens (primary N) is 1. The van der Waals surface area contributed by atoms with E-state index < -0.39 is 15.7 Å². The lowest BCUT2D eigenvalue weighted by Crippen LogP contribution is -2.52. The lowest BCUT2D eigenvalue weighted by molar-refractivity contribution is 0.343. The molecule has 5 nitrogen and oxygen atoms in total. The molecule has 0 aromatic heterocycles. The van der Waals surface area contributed by atoms with Crippen LogP contribution in [0.4, 0.5) is 0 Å². The summed E-state index contributed by atoms with van der Waals surface area (Å²) in [6, 6.07) is -0.0894. The Labute approximate surface area is 93.2 Å². The van der Waals surface area contributed by atoms with Crippen LogP contribution >= 0.6 is 0 Å². The zero-order valence-corrected chi connectivity index (χ0v) is 11.1. The normalized spacial score (nSPS) is 13.9. The molecule has 0 atom stereocenters. The Morgan fingerprint density at radius 2 is 1.80 bits per heavy atom. The van der Waals surface area contributed by atoms with Gasteiger partial charge in [0.1, 0.15) is 0 Å². The quantitative estimate of drug-likeness (QED) is 0.721. The molecule has 0 heterocycles. The molecule has 0 aromatic carbocycles. The monoisotopic (exact) mass is 237 g/mol. The van der Waals surface area contributed by atoms with Crippen LogP contribution in [0.1, 0.15) is 34.6 Å². The van der Waals surface area contributed by atoms with Crippen LogP contribution < -0.4 is 10.5 Å². The Hall–Kier alpha value is -0.170. The highest BCUT2D eigenvalue weighted by Crippen LogP contribution is 2.09. The molecule has 0 rings (SSSR count). The van der Waals surface area contributed by atoms with Crippen LogP contribution in [0.25, 0.3) is 0 Å². The third kappa shape index (κ3) is 5.46. The Balaban J connectivity index is 4.81. The predicted molar refractivity (Wildman–Crippen MR) is 62.7 cm³/mol. The SMILES string of the molecule is CC(C)N(CCN)S(=O)(=O)NC(C)(C)C. The summed E-state index contributed by atoms with van der Waals surface area (Å²) >= 11 is 0. The fourth-order valence-corrected chi connectivity index (χ4v) is 3.02. The van der Waals surface area contributed by atoms with Crippen molar-refractivity contribution in [3.8, 4) is 0 Å². The van der Waals surface area contributed by atoms with Gasteiger partial charge in [0, 0.05) is 24.7 Å². The maximum atomic E-state index is 11.9. The van der Waals surface area contributed by atoms with Crippen molar-refractivity contribution < 1.29 is 8.42 Å². The molecular formula is C9H23N3O2S. The van der Waals surface area contributed by atoms with Gasteiger partial charge in [0.05, 0.1) is 0 Å². The van der Waals surface area contributed by atoms with Gasteiger partial charge in [-0.1, -0.05) is 0 Å². The van der Waals surface area contributed by atoms with Gasteiger partial charge in [0.15, 0.2) is 0 Å². The van der Waals surface area contributed by atoms with Crippen LogP contribution in [0, 0.1) is 0 Å². The molecule has 0 aliphatic heterocycles.